The molecule has 0 atom stereocenters. The van der Waals surface area contributed by atoms with E-state index in [1.807, 2.05) is 17.7 Å². The van der Waals surface area contributed by atoms with Crippen molar-refractivity contribution in [3.63, 3.8) is 0 Å². The molecular formula is C15H14N4O2S2. The summed E-state index contributed by atoms with van der Waals surface area (Å²) in [7, 11) is 1.68. The third kappa shape index (κ3) is 3.08. The SMILES string of the molecule is CC(=O)N(C)c1nc(/C=C/c2nc3scc(C)c3c(=O)[nH]2)cs1. The van der Waals surface area contributed by atoms with Crippen LogP contribution in [-0.4, -0.2) is 27.9 Å². The van der Waals surface area contributed by atoms with Crippen LogP contribution in [0, 0.1) is 6.92 Å². The minimum absolute atomic E-state index is 0.0700. The van der Waals surface area contributed by atoms with Gasteiger partial charge in [0.1, 0.15) is 10.7 Å². The van der Waals surface area contributed by atoms with Crippen molar-refractivity contribution in [1.29, 1.82) is 0 Å². The van der Waals surface area contributed by atoms with Gasteiger partial charge in [-0.15, -0.1) is 22.7 Å². The fourth-order valence-corrected chi connectivity index (χ4v) is 3.72. The molecule has 0 spiro atoms. The number of fused-ring (bicyclic) bond motifs is 1. The Kier molecular flexibility index (Phi) is 4.10. The molecule has 1 amide bonds. The number of H-pyrrole nitrogens is 1. The number of aromatic amines is 1. The van der Waals surface area contributed by atoms with Gasteiger partial charge in [-0.1, -0.05) is 0 Å². The Morgan fingerprint density at radius 1 is 1.26 bits per heavy atom. The van der Waals surface area contributed by atoms with Crippen LogP contribution in [0.4, 0.5) is 5.13 Å². The molecule has 0 saturated carbocycles. The number of carbonyl (C=O) groups is 1. The second kappa shape index (κ2) is 6.05. The lowest BCUT2D eigenvalue weighted by Gasteiger charge is -2.09. The topological polar surface area (TPSA) is 79.0 Å². The van der Waals surface area contributed by atoms with Crippen LogP contribution in [0.25, 0.3) is 22.4 Å². The summed E-state index contributed by atoms with van der Waals surface area (Å²) in [5.41, 5.74) is 1.51. The number of thiophene rings is 1. The van der Waals surface area contributed by atoms with E-state index in [1.165, 1.54) is 34.5 Å². The molecule has 8 heteroatoms. The number of carbonyl (C=O) groups excluding carboxylic acids is 1. The predicted molar refractivity (Wildman–Crippen MR) is 95.1 cm³/mol. The molecule has 0 aliphatic carbocycles. The van der Waals surface area contributed by atoms with Gasteiger partial charge in [0.15, 0.2) is 5.13 Å². The summed E-state index contributed by atoms with van der Waals surface area (Å²) >= 11 is 2.84. The van der Waals surface area contributed by atoms with E-state index in [-0.39, 0.29) is 11.5 Å². The summed E-state index contributed by atoms with van der Waals surface area (Å²) < 4.78 is 0. The minimum Gasteiger partial charge on any atom is -0.306 e. The van der Waals surface area contributed by atoms with Crippen LogP contribution in [0.15, 0.2) is 15.6 Å². The maximum atomic E-state index is 12.1. The van der Waals surface area contributed by atoms with Crippen molar-refractivity contribution in [2.24, 2.45) is 0 Å². The fraction of sp³-hybridized carbons (Fsp3) is 0.200. The van der Waals surface area contributed by atoms with E-state index in [2.05, 4.69) is 15.0 Å². The molecule has 3 aromatic rings. The Morgan fingerprint density at radius 2 is 2.04 bits per heavy atom. The predicted octanol–water partition coefficient (Wildman–Crippen LogP) is 2.90. The Morgan fingerprint density at radius 3 is 2.78 bits per heavy atom. The molecule has 0 unspecified atom stereocenters. The summed E-state index contributed by atoms with van der Waals surface area (Å²) in [6.07, 6.45) is 3.47. The highest BCUT2D eigenvalue weighted by Crippen LogP contribution is 2.22. The zero-order valence-corrected chi connectivity index (χ0v) is 14.4. The van der Waals surface area contributed by atoms with Crippen LogP contribution in [0.3, 0.4) is 0 Å². The normalized spacial score (nSPS) is 11.4. The minimum atomic E-state index is -0.135. The average molecular weight is 346 g/mol. The first kappa shape index (κ1) is 15.6. The van der Waals surface area contributed by atoms with Gasteiger partial charge in [0.05, 0.1) is 11.1 Å². The zero-order valence-electron chi connectivity index (χ0n) is 12.8. The number of aryl methyl sites for hydroxylation is 1. The third-order valence-corrected chi connectivity index (χ3v) is 5.25. The summed E-state index contributed by atoms with van der Waals surface area (Å²) in [5, 5.41) is 5.04. The van der Waals surface area contributed by atoms with Gasteiger partial charge < -0.3 is 4.98 Å². The first-order valence-electron chi connectivity index (χ1n) is 6.81. The number of rotatable bonds is 3. The molecular weight excluding hydrogens is 332 g/mol. The molecule has 0 aliphatic heterocycles. The molecule has 3 heterocycles. The smallest absolute Gasteiger partial charge is 0.260 e. The first-order chi connectivity index (χ1) is 11.0. The van der Waals surface area contributed by atoms with E-state index >= 15 is 0 Å². The molecule has 0 aliphatic rings. The summed E-state index contributed by atoms with van der Waals surface area (Å²) in [5.74, 6) is 0.415. The van der Waals surface area contributed by atoms with Crippen molar-refractivity contribution in [2.75, 3.05) is 11.9 Å². The van der Waals surface area contributed by atoms with Crippen molar-refractivity contribution in [1.82, 2.24) is 15.0 Å². The third-order valence-electron chi connectivity index (χ3n) is 3.33. The summed E-state index contributed by atoms with van der Waals surface area (Å²) in [4.78, 5) is 37.2. The largest absolute Gasteiger partial charge is 0.306 e. The van der Waals surface area contributed by atoms with Crippen LogP contribution in [0.1, 0.15) is 24.0 Å². The standard InChI is InChI=1S/C15H14N4O2S2/c1-8-6-22-14-12(8)13(21)17-11(18-14)5-4-10-7-23-15(16-10)19(3)9(2)20/h4-7H,1-3H3,(H,17,18,21)/b5-4+. The van der Waals surface area contributed by atoms with E-state index in [1.54, 1.807) is 19.2 Å². The highest BCUT2D eigenvalue weighted by atomic mass is 32.1. The molecule has 6 nitrogen and oxygen atoms in total. The van der Waals surface area contributed by atoms with Gasteiger partial charge in [-0.2, -0.15) is 0 Å². The average Bonchev–Trinajstić information content (AvgIpc) is 3.11. The maximum absolute atomic E-state index is 12.1. The van der Waals surface area contributed by atoms with Crippen molar-refractivity contribution in [3.05, 3.63) is 38.2 Å². The summed E-state index contributed by atoms with van der Waals surface area (Å²) in [6.45, 7) is 3.39. The number of thiazole rings is 1. The van der Waals surface area contributed by atoms with Gasteiger partial charge in [0, 0.05) is 19.4 Å². The Balaban J connectivity index is 1.88. The molecule has 3 aromatic heterocycles. The molecule has 0 fully saturated rings. The molecule has 0 bridgehead atoms. The van der Waals surface area contributed by atoms with Gasteiger partial charge in [-0.3, -0.25) is 14.5 Å². The van der Waals surface area contributed by atoms with E-state index < -0.39 is 0 Å². The van der Waals surface area contributed by atoms with Crippen molar-refractivity contribution < 1.29 is 4.79 Å². The van der Waals surface area contributed by atoms with Crippen molar-refractivity contribution >= 4 is 56.1 Å². The highest BCUT2D eigenvalue weighted by molar-refractivity contribution is 7.16. The molecule has 0 aromatic carbocycles. The van der Waals surface area contributed by atoms with Gasteiger partial charge in [0.25, 0.3) is 5.56 Å². The number of aromatic nitrogens is 3. The number of nitrogens with zero attached hydrogens (tertiary/aromatic N) is 3. The number of nitrogens with one attached hydrogen (secondary N) is 1. The molecule has 3 rings (SSSR count). The number of amides is 1. The maximum Gasteiger partial charge on any atom is 0.260 e. The van der Waals surface area contributed by atoms with Crippen molar-refractivity contribution in [2.45, 2.75) is 13.8 Å². The second-order valence-electron chi connectivity index (χ2n) is 5.02. The molecule has 0 radical (unpaired) electrons. The number of hydrogen-bond donors (Lipinski definition) is 1. The second-order valence-corrected chi connectivity index (χ2v) is 6.71. The van der Waals surface area contributed by atoms with E-state index in [4.69, 9.17) is 0 Å². The number of anilines is 1. The molecule has 118 valence electrons. The first-order valence-corrected chi connectivity index (χ1v) is 8.57. The molecule has 23 heavy (non-hydrogen) atoms. The summed E-state index contributed by atoms with van der Waals surface area (Å²) in [6, 6.07) is 0. The van der Waals surface area contributed by atoms with Crippen molar-refractivity contribution in [3.8, 4) is 0 Å². The van der Waals surface area contributed by atoms with Gasteiger partial charge in [-0.25, -0.2) is 9.97 Å². The van der Waals surface area contributed by atoms with Gasteiger partial charge >= 0.3 is 0 Å². The molecule has 1 N–H and O–H groups in total. The zero-order chi connectivity index (χ0) is 16.6. The Bertz CT molecular complexity index is 967. The lowest BCUT2D eigenvalue weighted by molar-refractivity contribution is -0.116. The van der Waals surface area contributed by atoms with Crippen LogP contribution in [0.2, 0.25) is 0 Å². The molecule has 0 saturated heterocycles. The lowest BCUT2D eigenvalue weighted by Crippen LogP contribution is -2.22. The van der Waals surface area contributed by atoms with Crippen LogP contribution >= 0.6 is 22.7 Å². The van der Waals surface area contributed by atoms with E-state index in [0.29, 0.717) is 22.0 Å². The quantitative estimate of drug-likeness (QED) is 0.791. The van der Waals surface area contributed by atoms with Gasteiger partial charge in [-0.05, 0) is 30.0 Å². The van der Waals surface area contributed by atoms with E-state index in [0.717, 1.165) is 10.4 Å². The Labute approximate surface area is 140 Å². The Hall–Kier alpha value is -2.32. The van der Waals surface area contributed by atoms with Crippen LogP contribution in [0.5, 0.6) is 0 Å². The van der Waals surface area contributed by atoms with E-state index in [9.17, 15) is 9.59 Å². The van der Waals surface area contributed by atoms with Crippen LogP contribution < -0.4 is 10.5 Å². The highest BCUT2D eigenvalue weighted by Gasteiger charge is 2.10. The lowest BCUT2D eigenvalue weighted by atomic mass is 10.3. The van der Waals surface area contributed by atoms with Crippen LogP contribution in [-0.2, 0) is 4.79 Å². The number of hydrogen-bond acceptors (Lipinski definition) is 6. The monoisotopic (exact) mass is 346 g/mol. The fourth-order valence-electron chi connectivity index (χ4n) is 1.99. The van der Waals surface area contributed by atoms with Gasteiger partial charge in [0.2, 0.25) is 5.91 Å².